The van der Waals surface area contributed by atoms with Crippen LogP contribution in [0.15, 0.2) is 16.6 Å². The Morgan fingerprint density at radius 1 is 1.38 bits per heavy atom. The summed E-state index contributed by atoms with van der Waals surface area (Å²) < 4.78 is 25.7. The maximum atomic E-state index is 14.4. The number of rotatable bonds is 2. The van der Waals surface area contributed by atoms with Crippen molar-refractivity contribution in [2.75, 3.05) is 13.2 Å². The largest absolute Gasteiger partial charge is 0.489 e. The highest BCUT2D eigenvalue weighted by molar-refractivity contribution is 9.10. The zero-order valence-electron chi connectivity index (χ0n) is 10.7. The molecule has 110 valence electrons. The molecule has 0 amide bonds. The van der Waals surface area contributed by atoms with Gasteiger partial charge in [-0.05, 0) is 22.0 Å². The highest BCUT2D eigenvalue weighted by Gasteiger charge is 2.25. The van der Waals surface area contributed by atoms with E-state index >= 15 is 0 Å². The second kappa shape index (κ2) is 5.36. The van der Waals surface area contributed by atoms with Crippen LogP contribution in [0.2, 0.25) is 0 Å². The average Bonchev–Trinajstić information content (AvgIpc) is 2.82. The number of benzene rings is 1. The fraction of sp³-hybridized carbons (Fsp3) is 0.231. The number of nitrogens with one attached hydrogen (secondary N) is 1. The average molecular weight is 357 g/mol. The molecule has 0 aliphatic carbocycles. The van der Waals surface area contributed by atoms with Crippen LogP contribution in [0.25, 0.3) is 11.3 Å². The van der Waals surface area contributed by atoms with Gasteiger partial charge in [0.05, 0.1) is 28.9 Å². The molecule has 1 aliphatic heterocycles. The van der Waals surface area contributed by atoms with Gasteiger partial charge in [0.2, 0.25) is 0 Å². The molecule has 0 spiro atoms. The normalized spacial score (nSPS) is 13.8. The predicted molar refractivity (Wildman–Crippen MR) is 74.2 cm³/mol. The third-order valence-corrected chi connectivity index (χ3v) is 3.57. The van der Waals surface area contributed by atoms with Crippen molar-refractivity contribution in [1.29, 1.82) is 0 Å². The van der Waals surface area contributed by atoms with Crippen molar-refractivity contribution >= 4 is 21.9 Å². The Labute approximate surface area is 127 Å². The first-order chi connectivity index (χ1) is 10.1. The van der Waals surface area contributed by atoms with E-state index in [0.29, 0.717) is 25.4 Å². The van der Waals surface area contributed by atoms with Gasteiger partial charge in [-0.3, -0.25) is 5.10 Å². The molecule has 0 radical (unpaired) electrons. The number of hydrogen-bond donors (Lipinski definition) is 2. The van der Waals surface area contributed by atoms with Crippen molar-refractivity contribution in [2.24, 2.45) is 0 Å². The SMILES string of the molecule is O=C(O)c1cc(-c2c(F)c(Br)cc3c2OCCCO3)n[nH]1. The summed E-state index contributed by atoms with van der Waals surface area (Å²) in [5.41, 5.74) is 0.0886. The summed E-state index contributed by atoms with van der Waals surface area (Å²) in [6.45, 7) is 0.850. The van der Waals surface area contributed by atoms with E-state index in [9.17, 15) is 9.18 Å². The molecule has 0 saturated carbocycles. The zero-order valence-corrected chi connectivity index (χ0v) is 12.2. The third-order valence-electron chi connectivity index (χ3n) is 2.99. The maximum Gasteiger partial charge on any atom is 0.353 e. The molecule has 0 bridgehead atoms. The van der Waals surface area contributed by atoms with E-state index in [4.69, 9.17) is 14.6 Å². The molecule has 3 rings (SSSR count). The molecule has 1 aromatic heterocycles. The van der Waals surface area contributed by atoms with E-state index in [-0.39, 0.29) is 27.2 Å². The molecule has 2 N–H and O–H groups in total. The van der Waals surface area contributed by atoms with Crippen molar-refractivity contribution in [3.8, 4) is 22.8 Å². The number of nitrogens with zero attached hydrogens (tertiary/aromatic N) is 1. The summed E-state index contributed by atoms with van der Waals surface area (Å²) in [4.78, 5) is 10.9. The van der Waals surface area contributed by atoms with E-state index < -0.39 is 11.8 Å². The number of ether oxygens (including phenoxy) is 2. The van der Waals surface area contributed by atoms with Gasteiger partial charge in [0, 0.05) is 12.5 Å². The molecule has 0 unspecified atom stereocenters. The first-order valence-electron chi connectivity index (χ1n) is 6.14. The highest BCUT2D eigenvalue weighted by atomic mass is 79.9. The lowest BCUT2D eigenvalue weighted by Gasteiger charge is -2.13. The quantitative estimate of drug-likeness (QED) is 0.864. The van der Waals surface area contributed by atoms with E-state index in [0.717, 1.165) is 0 Å². The van der Waals surface area contributed by atoms with Crippen molar-refractivity contribution in [3.05, 3.63) is 28.1 Å². The molecule has 6 nitrogen and oxygen atoms in total. The third kappa shape index (κ3) is 2.46. The second-order valence-electron chi connectivity index (χ2n) is 4.40. The van der Waals surface area contributed by atoms with Gasteiger partial charge >= 0.3 is 5.97 Å². The maximum absolute atomic E-state index is 14.4. The molecular weight excluding hydrogens is 347 g/mol. The molecule has 0 fully saturated rings. The standard InChI is InChI=1S/C13H10BrFN2O4/c14-6-4-9-12(21-3-1-2-20-9)10(11(6)15)7-5-8(13(18)19)17-16-7/h4-5H,1-3H2,(H,16,17)(H,18,19). The molecule has 2 aromatic rings. The van der Waals surface area contributed by atoms with Gasteiger partial charge in [0.15, 0.2) is 17.3 Å². The number of aromatic nitrogens is 2. The smallest absolute Gasteiger partial charge is 0.353 e. The van der Waals surface area contributed by atoms with Gasteiger partial charge in [0.25, 0.3) is 0 Å². The molecule has 0 saturated heterocycles. The minimum atomic E-state index is -1.17. The first kappa shape index (κ1) is 13.9. The Morgan fingerprint density at radius 2 is 2.14 bits per heavy atom. The minimum Gasteiger partial charge on any atom is -0.489 e. The number of carboxylic acids is 1. The number of H-pyrrole nitrogens is 1. The van der Waals surface area contributed by atoms with E-state index in [2.05, 4.69) is 26.1 Å². The summed E-state index contributed by atoms with van der Waals surface area (Å²) in [5.74, 6) is -1.12. The van der Waals surface area contributed by atoms with E-state index in [1.165, 1.54) is 12.1 Å². The number of fused-ring (bicyclic) bond motifs is 1. The first-order valence-corrected chi connectivity index (χ1v) is 6.94. The summed E-state index contributed by atoms with van der Waals surface area (Å²) in [6.07, 6.45) is 0.675. The Bertz CT molecular complexity index is 716. The van der Waals surface area contributed by atoms with Crippen LogP contribution in [0, 0.1) is 5.82 Å². The van der Waals surface area contributed by atoms with Crippen molar-refractivity contribution in [3.63, 3.8) is 0 Å². The lowest BCUT2D eigenvalue weighted by atomic mass is 10.1. The molecule has 1 aromatic carbocycles. The van der Waals surface area contributed by atoms with Gasteiger partial charge in [-0.15, -0.1) is 0 Å². The van der Waals surface area contributed by atoms with Crippen molar-refractivity contribution < 1.29 is 23.8 Å². The van der Waals surface area contributed by atoms with Crippen LogP contribution >= 0.6 is 15.9 Å². The summed E-state index contributed by atoms with van der Waals surface area (Å²) >= 11 is 3.12. The molecule has 8 heteroatoms. The predicted octanol–water partition coefficient (Wildman–Crippen LogP) is 2.84. The molecule has 1 aliphatic rings. The van der Waals surface area contributed by atoms with Crippen molar-refractivity contribution in [2.45, 2.75) is 6.42 Å². The highest BCUT2D eigenvalue weighted by Crippen LogP contribution is 2.44. The molecule has 2 heterocycles. The number of carboxylic acid groups (broad SMARTS) is 1. The molecule has 0 atom stereocenters. The van der Waals surface area contributed by atoms with Gasteiger partial charge in [0.1, 0.15) is 5.69 Å². The van der Waals surface area contributed by atoms with E-state index in [1.807, 2.05) is 0 Å². The number of aromatic carboxylic acids is 1. The zero-order chi connectivity index (χ0) is 15.0. The monoisotopic (exact) mass is 356 g/mol. The summed E-state index contributed by atoms with van der Waals surface area (Å²) in [7, 11) is 0. The fourth-order valence-electron chi connectivity index (χ4n) is 2.04. The number of hydrogen-bond acceptors (Lipinski definition) is 4. The fourth-order valence-corrected chi connectivity index (χ4v) is 2.45. The van der Waals surface area contributed by atoms with Gasteiger partial charge in [-0.1, -0.05) is 0 Å². The lowest BCUT2D eigenvalue weighted by molar-refractivity contribution is 0.0690. The van der Waals surface area contributed by atoms with Gasteiger partial charge in [-0.25, -0.2) is 9.18 Å². The Morgan fingerprint density at radius 3 is 2.86 bits per heavy atom. The van der Waals surface area contributed by atoms with Crippen LogP contribution in [-0.4, -0.2) is 34.5 Å². The van der Waals surface area contributed by atoms with Crippen molar-refractivity contribution in [1.82, 2.24) is 10.2 Å². The van der Waals surface area contributed by atoms with Crippen LogP contribution in [0.1, 0.15) is 16.9 Å². The summed E-state index contributed by atoms with van der Waals surface area (Å²) in [5, 5.41) is 15.1. The van der Waals surface area contributed by atoms with Gasteiger partial charge in [-0.2, -0.15) is 5.10 Å². The topological polar surface area (TPSA) is 84.4 Å². The number of halogens is 2. The second-order valence-corrected chi connectivity index (χ2v) is 5.25. The Hall–Kier alpha value is -2.09. The van der Waals surface area contributed by atoms with Crippen LogP contribution in [0.5, 0.6) is 11.5 Å². The molecular formula is C13H10BrFN2O4. The minimum absolute atomic E-state index is 0.0741. The van der Waals surface area contributed by atoms with Crippen LogP contribution in [-0.2, 0) is 0 Å². The van der Waals surface area contributed by atoms with E-state index in [1.54, 1.807) is 0 Å². The Kier molecular flexibility index (Phi) is 3.54. The summed E-state index contributed by atoms with van der Waals surface area (Å²) in [6, 6.07) is 2.74. The number of aromatic amines is 1. The van der Waals surface area contributed by atoms with Crippen LogP contribution in [0.3, 0.4) is 0 Å². The van der Waals surface area contributed by atoms with Crippen LogP contribution < -0.4 is 9.47 Å². The Balaban J connectivity index is 2.19. The number of carbonyl (C=O) groups is 1. The van der Waals surface area contributed by atoms with Gasteiger partial charge < -0.3 is 14.6 Å². The lowest BCUT2D eigenvalue weighted by Crippen LogP contribution is -1.99. The molecule has 21 heavy (non-hydrogen) atoms. The van der Waals surface area contributed by atoms with Crippen LogP contribution in [0.4, 0.5) is 4.39 Å².